The molecular formula is C15H24N4. The number of hydrogen-bond acceptors (Lipinski definition) is 2. The van der Waals surface area contributed by atoms with Crippen molar-refractivity contribution in [2.75, 3.05) is 5.43 Å². The minimum atomic E-state index is 0.517. The van der Waals surface area contributed by atoms with Crippen molar-refractivity contribution in [2.45, 2.75) is 53.1 Å². The molecule has 0 aromatic carbocycles. The number of rotatable bonds is 6. The zero-order valence-corrected chi connectivity index (χ0v) is 12.3. The van der Waals surface area contributed by atoms with Crippen molar-refractivity contribution < 1.29 is 0 Å². The predicted octanol–water partition coefficient (Wildman–Crippen LogP) is 3.41. The van der Waals surface area contributed by atoms with Gasteiger partial charge in [0.1, 0.15) is 0 Å². The van der Waals surface area contributed by atoms with Gasteiger partial charge in [0.2, 0.25) is 0 Å². The standard InChI is InChI=1S/C15H24N4/c1-5-15(6-2)18-10-9-14(17-18)11-16-19-12(3)7-8-13(19)4/h7-10,15-16H,5-6,11H2,1-4H3. The van der Waals surface area contributed by atoms with Gasteiger partial charge in [0.25, 0.3) is 0 Å². The van der Waals surface area contributed by atoms with E-state index in [9.17, 15) is 0 Å². The highest BCUT2D eigenvalue weighted by atomic mass is 15.4. The van der Waals surface area contributed by atoms with Gasteiger partial charge in [-0.15, -0.1) is 0 Å². The molecule has 4 nitrogen and oxygen atoms in total. The van der Waals surface area contributed by atoms with Crippen molar-refractivity contribution >= 4 is 0 Å². The van der Waals surface area contributed by atoms with Gasteiger partial charge in [-0.05, 0) is 44.9 Å². The van der Waals surface area contributed by atoms with Crippen LogP contribution in [0.2, 0.25) is 0 Å². The summed E-state index contributed by atoms with van der Waals surface area (Å²) in [4.78, 5) is 0. The molecule has 0 saturated carbocycles. The molecule has 0 aliphatic carbocycles. The smallest absolute Gasteiger partial charge is 0.0831 e. The molecule has 0 saturated heterocycles. The summed E-state index contributed by atoms with van der Waals surface area (Å²) < 4.78 is 4.20. The number of nitrogens with zero attached hydrogens (tertiary/aromatic N) is 3. The van der Waals surface area contributed by atoms with Gasteiger partial charge in [-0.2, -0.15) is 5.10 Å². The van der Waals surface area contributed by atoms with Crippen LogP contribution in [0.3, 0.4) is 0 Å². The third kappa shape index (κ3) is 3.00. The number of nitrogens with one attached hydrogen (secondary N) is 1. The minimum Gasteiger partial charge on any atom is -0.320 e. The fourth-order valence-corrected chi connectivity index (χ4v) is 2.42. The van der Waals surface area contributed by atoms with E-state index in [2.05, 4.69) is 72.0 Å². The summed E-state index contributed by atoms with van der Waals surface area (Å²) in [6.07, 6.45) is 4.34. The zero-order chi connectivity index (χ0) is 13.8. The van der Waals surface area contributed by atoms with Gasteiger partial charge in [-0.25, -0.2) is 0 Å². The van der Waals surface area contributed by atoms with Crippen LogP contribution in [0.1, 0.15) is 49.8 Å². The van der Waals surface area contributed by atoms with E-state index in [1.54, 1.807) is 0 Å². The number of aromatic nitrogens is 3. The van der Waals surface area contributed by atoms with E-state index in [1.807, 2.05) is 0 Å². The summed E-state index contributed by atoms with van der Waals surface area (Å²) in [5.74, 6) is 0. The van der Waals surface area contributed by atoms with Crippen molar-refractivity contribution in [1.82, 2.24) is 14.5 Å². The van der Waals surface area contributed by atoms with Crippen LogP contribution in [-0.2, 0) is 6.54 Å². The molecule has 0 spiro atoms. The van der Waals surface area contributed by atoms with Crippen LogP contribution < -0.4 is 5.43 Å². The van der Waals surface area contributed by atoms with Crippen molar-refractivity contribution in [3.05, 3.63) is 41.5 Å². The lowest BCUT2D eigenvalue weighted by Crippen LogP contribution is -2.17. The first kappa shape index (κ1) is 13.7. The van der Waals surface area contributed by atoms with Crippen LogP contribution in [0.15, 0.2) is 24.4 Å². The molecule has 2 aromatic heterocycles. The van der Waals surface area contributed by atoms with Crippen molar-refractivity contribution in [2.24, 2.45) is 0 Å². The van der Waals surface area contributed by atoms with E-state index in [-0.39, 0.29) is 0 Å². The second-order valence-electron chi connectivity index (χ2n) is 5.04. The van der Waals surface area contributed by atoms with E-state index >= 15 is 0 Å². The second-order valence-corrected chi connectivity index (χ2v) is 5.04. The molecule has 0 unspecified atom stereocenters. The van der Waals surface area contributed by atoms with E-state index in [4.69, 9.17) is 0 Å². The van der Waals surface area contributed by atoms with Crippen molar-refractivity contribution in [3.8, 4) is 0 Å². The topological polar surface area (TPSA) is 34.8 Å². The first-order valence-corrected chi connectivity index (χ1v) is 7.08. The van der Waals surface area contributed by atoms with E-state index in [0.717, 1.165) is 25.1 Å². The lowest BCUT2D eigenvalue weighted by molar-refractivity contribution is 0.425. The van der Waals surface area contributed by atoms with Gasteiger partial charge in [0, 0.05) is 17.6 Å². The van der Waals surface area contributed by atoms with Crippen molar-refractivity contribution in [3.63, 3.8) is 0 Å². The monoisotopic (exact) mass is 260 g/mol. The maximum absolute atomic E-state index is 4.65. The molecule has 0 aliphatic rings. The first-order chi connectivity index (χ1) is 9.15. The predicted molar refractivity (Wildman–Crippen MR) is 78.8 cm³/mol. The molecule has 0 fully saturated rings. The quantitative estimate of drug-likeness (QED) is 0.863. The summed E-state index contributed by atoms with van der Waals surface area (Å²) in [7, 11) is 0. The van der Waals surface area contributed by atoms with Crippen molar-refractivity contribution in [1.29, 1.82) is 0 Å². The molecular weight excluding hydrogens is 236 g/mol. The summed E-state index contributed by atoms with van der Waals surface area (Å²) in [6, 6.07) is 6.85. The molecule has 104 valence electrons. The number of aryl methyl sites for hydroxylation is 2. The average Bonchev–Trinajstić information content (AvgIpc) is 2.98. The van der Waals surface area contributed by atoms with Crippen LogP contribution in [0.5, 0.6) is 0 Å². The van der Waals surface area contributed by atoms with Crippen LogP contribution in [0, 0.1) is 13.8 Å². The van der Waals surface area contributed by atoms with E-state index in [1.165, 1.54) is 11.4 Å². The van der Waals surface area contributed by atoms with E-state index < -0.39 is 0 Å². The van der Waals surface area contributed by atoms with Gasteiger partial charge >= 0.3 is 0 Å². The Balaban J connectivity index is 2.01. The zero-order valence-electron chi connectivity index (χ0n) is 12.3. The minimum absolute atomic E-state index is 0.517. The van der Waals surface area contributed by atoms with E-state index in [0.29, 0.717) is 6.04 Å². The Labute approximate surface area is 115 Å². The second kappa shape index (κ2) is 5.95. The molecule has 4 heteroatoms. The Bertz CT molecular complexity index is 500. The Kier molecular flexibility index (Phi) is 4.30. The van der Waals surface area contributed by atoms with Gasteiger partial charge < -0.3 is 5.43 Å². The fourth-order valence-electron chi connectivity index (χ4n) is 2.42. The summed E-state index contributed by atoms with van der Waals surface area (Å²) in [5, 5.41) is 4.65. The average molecular weight is 260 g/mol. The van der Waals surface area contributed by atoms with Gasteiger partial charge in [-0.1, -0.05) is 13.8 Å². The maximum Gasteiger partial charge on any atom is 0.0831 e. The highest BCUT2D eigenvalue weighted by molar-refractivity contribution is 5.16. The fraction of sp³-hybridized carbons (Fsp3) is 0.533. The SMILES string of the molecule is CCC(CC)n1ccc(CNn2c(C)ccc2C)n1. The molecule has 2 aromatic rings. The lowest BCUT2D eigenvalue weighted by atomic mass is 10.2. The van der Waals surface area contributed by atoms with Gasteiger partial charge in [-0.3, -0.25) is 9.36 Å². The summed E-state index contributed by atoms with van der Waals surface area (Å²) in [6.45, 7) is 9.37. The maximum atomic E-state index is 4.65. The molecule has 0 amide bonds. The van der Waals surface area contributed by atoms with Gasteiger partial charge in [0.15, 0.2) is 0 Å². The third-order valence-corrected chi connectivity index (χ3v) is 3.67. The van der Waals surface area contributed by atoms with Gasteiger partial charge in [0.05, 0.1) is 18.3 Å². The molecule has 0 atom stereocenters. The lowest BCUT2D eigenvalue weighted by Gasteiger charge is -2.13. The number of hydrogen-bond donors (Lipinski definition) is 1. The highest BCUT2D eigenvalue weighted by Crippen LogP contribution is 2.14. The van der Waals surface area contributed by atoms with Crippen LogP contribution in [-0.4, -0.2) is 14.5 Å². The Morgan fingerprint density at radius 1 is 1.11 bits per heavy atom. The molecule has 19 heavy (non-hydrogen) atoms. The normalized spacial score (nSPS) is 11.2. The third-order valence-electron chi connectivity index (χ3n) is 3.67. The molecule has 1 N–H and O–H groups in total. The summed E-state index contributed by atoms with van der Waals surface area (Å²) in [5.41, 5.74) is 6.93. The molecule has 2 heterocycles. The van der Waals surface area contributed by atoms with Crippen LogP contribution in [0.4, 0.5) is 0 Å². The molecule has 0 aliphatic heterocycles. The van der Waals surface area contributed by atoms with Crippen LogP contribution in [0.25, 0.3) is 0 Å². The Hall–Kier alpha value is -1.71. The molecule has 0 radical (unpaired) electrons. The highest BCUT2D eigenvalue weighted by Gasteiger charge is 2.08. The Morgan fingerprint density at radius 2 is 1.74 bits per heavy atom. The molecule has 2 rings (SSSR count). The first-order valence-electron chi connectivity index (χ1n) is 7.08. The van der Waals surface area contributed by atoms with Crippen LogP contribution >= 0.6 is 0 Å². The largest absolute Gasteiger partial charge is 0.320 e. The Morgan fingerprint density at radius 3 is 2.32 bits per heavy atom. The molecule has 0 bridgehead atoms. The summed E-state index contributed by atoms with van der Waals surface area (Å²) >= 11 is 0.